The number of aromatic nitrogens is 1. The number of halogens is 6. The van der Waals surface area contributed by atoms with Gasteiger partial charge in [-0.3, -0.25) is 9.59 Å². The van der Waals surface area contributed by atoms with E-state index in [-0.39, 0.29) is 17.4 Å². The molecule has 3 heterocycles. The maximum atomic E-state index is 13.1. The van der Waals surface area contributed by atoms with E-state index in [1.165, 1.54) is 35.6 Å². The van der Waals surface area contributed by atoms with Crippen LogP contribution in [0.3, 0.4) is 0 Å². The highest BCUT2D eigenvalue weighted by Crippen LogP contribution is 2.32. The number of rotatable bonds is 7. The minimum Gasteiger partial charge on any atom is -0.405 e. The molecule has 8 nitrogen and oxygen atoms in total. The van der Waals surface area contributed by atoms with Gasteiger partial charge in [0.05, 0.1) is 11.1 Å². The lowest BCUT2D eigenvalue weighted by Crippen LogP contribution is -2.49. The van der Waals surface area contributed by atoms with Crippen LogP contribution in [0.25, 0.3) is 0 Å². The Morgan fingerprint density at radius 2 is 1.61 bits per heavy atom. The van der Waals surface area contributed by atoms with Crippen LogP contribution in [-0.4, -0.2) is 73.9 Å². The number of alkyl halides is 6. The summed E-state index contributed by atoms with van der Waals surface area (Å²) in [5.41, 5.74) is -0.130. The number of carbonyl (C=O) groups excluding carboxylic acids is 2. The SMILES string of the molecule is O=C(NCC1CCN(c2nc(C(=O)N3CCN(c4cccc(C(F)(F)F)c4)CC3)cs2)CC1)c1ccccc1OC(F)(F)F. The molecule has 2 aliphatic heterocycles. The van der Waals surface area contributed by atoms with E-state index in [2.05, 4.69) is 19.9 Å². The van der Waals surface area contributed by atoms with Crippen molar-refractivity contribution in [3.05, 3.63) is 70.7 Å². The molecule has 2 aliphatic rings. The van der Waals surface area contributed by atoms with Crippen molar-refractivity contribution in [2.75, 3.05) is 55.6 Å². The average Bonchev–Trinajstić information content (AvgIpc) is 3.49. The zero-order chi connectivity index (χ0) is 31.5. The maximum Gasteiger partial charge on any atom is 0.573 e. The first-order valence-electron chi connectivity index (χ1n) is 13.9. The number of carbonyl (C=O) groups is 2. The zero-order valence-electron chi connectivity index (χ0n) is 23.3. The number of ether oxygens (including phenoxy) is 1. The highest BCUT2D eigenvalue weighted by molar-refractivity contribution is 7.13. The average molecular weight is 642 g/mol. The monoisotopic (exact) mass is 641 g/mol. The Kier molecular flexibility index (Phi) is 9.23. The van der Waals surface area contributed by atoms with Crippen molar-refractivity contribution in [3.63, 3.8) is 0 Å². The first-order chi connectivity index (χ1) is 20.9. The van der Waals surface area contributed by atoms with E-state index in [0.717, 1.165) is 18.2 Å². The molecule has 1 aromatic heterocycles. The van der Waals surface area contributed by atoms with E-state index in [0.29, 0.717) is 75.2 Å². The van der Waals surface area contributed by atoms with Crippen molar-refractivity contribution in [1.82, 2.24) is 15.2 Å². The van der Waals surface area contributed by atoms with Crippen molar-refractivity contribution in [2.24, 2.45) is 5.92 Å². The van der Waals surface area contributed by atoms with Crippen LogP contribution in [0.15, 0.2) is 53.9 Å². The van der Waals surface area contributed by atoms with Gasteiger partial charge in [-0.05, 0) is 49.1 Å². The van der Waals surface area contributed by atoms with Crippen LogP contribution in [-0.2, 0) is 6.18 Å². The number of hydrogen-bond donors (Lipinski definition) is 1. The Morgan fingerprint density at radius 3 is 2.30 bits per heavy atom. The van der Waals surface area contributed by atoms with Gasteiger partial charge in [-0.1, -0.05) is 18.2 Å². The number of piperidine rings is 1. The molecular formula is C29H29F6N5O3S. The highest BCUT2D eigenvalue weighted by Gasteiger charge is 2.34. The van der Waals surface area contributed by atoms with Crippen LogP contribution >= 0.6 is 11.3 Å². The number of amides is 2. The first kappa shape index (κ1) is 31.4. The molecule has 0 spiro atoms. The molecule has 236 valence electrons. The third-order valence-electron chi connectivity index (χ3n) is 7.61. The van der Waals surface area contributed by atoms with Gasteiger partial charge in [0, 0.05) is 56.9 Å². The number of thiazole rings is 1. The molecule has 2 amide bonds. The topological polar surface area (TPSA) is 78.0 Å². The zero-order valence-corrected chi connectivity index (χ0v) is 24.1. The molecule has 2 saturated heterocycles. The fourth-order valence-corrected chi connectivity index (χ4v) is 6.10. The molecule has 0 atom stereocenters. The van der Waals surface area contributed by atoms with Crippen LogP contribution in [0, 0.1) is 5.92 Å². The predicted molar refractivity (Wildman–Crippen MR) is 152 cm³/mol. The number of hydrogen-bond acceptors (Lipinski definition) is 7. The molecule has 2 fully saturated rings. The molecule has 44 heavy (non-hydrogen) atoms. The highest BCUT2D eigenvalue weighted by atomic mass is 32.1. The summed E-state index contributed by atoms with van der Waals surface area (Å²) in [6.45, 7) is 3.05. The Bertz CT molecular complexity index is 1460. The van der Waals surface area contributed by atoms with Crippen LogP contribution in [0.2, 0.25) is 0 Å². The molecule has 15 heteroatoms. The van der Waals surface area contributed by atoms with Crippen LogP contribution in [0.5, 0.6) is 5.75 Å². The maximum absolute atomic E-state index is 13.1. The molecular weight excluding hydrogens is 612 g/mol. The summed E-state index contributed by atoms with van der Waals surface area (Å²) in [4.78, 5) is 35.7. The van der Waals surface area contributed by atoms with Crippen molar-refractivity contribution in [2.45, 2.75) is 25.4 Å². The lowest BCUT2D eigenvalue weighted by atomic mass is 9.97. The van der Waals surface area contributed by atoms with Crippen LogP contribution in [0.4, 0.5) is 37.2 Å². The van der Waals surface area contributed by atoms with E-state index >= 15 is 0 Å². The van der Waals surface area contributed by atoms with E-state index < -0.39 is 29.8 Å². The summed E-state index contributed by atoms with van der Waals surface area (Å²) < 4.78 is 81.3. The Labute approximate surface area is 253 Å². The largest absolute Gasteiger partial charge is 0.573 e. The lowest BCUT2D eigenvalue weighted by molar-refractivity contribution is -0.274. The third kappa shape index (κ3) is 7.73. The second-order valence-corrected chi connectivity index (χ2v) is 11.4. The fourth-order valence-electron chi connectivity index (χ4n) is 5.24. The van der Waals surface area contributed by atoms with Gasteiger partial charge in [0.1, 0.15) is 11.4 Å². The number of nitrogens with zero attached hydrogens (tertiary/aromatic N) is 4. The summed E-state index contributed by atoms with van der Waals surface area (Å²) in [6, 6.07) is 10.3. The number of benzene rings is 2. The van der Waals surface area contributed by atoms with Crippen molar-refractivity contribution >= 4 is 34.0 Å². The quantitative estimate of drug-likeness (QED) is 0.335. The number of piperazine rings is 1. The fraction of sp³-hybridized carbons (Fsp3) is 0.414. The van der Waals surface area contributed by atoms with Gasteiger partial charge in [0.2, 0.25) is 0 Å². The first-order valence-corrected chi connectivity index (χ1v) is 14.8. The van der Waals surface area contributed by atoms with Gasteiger partial charge in [0.25, 0.3) is 11.8 Å². The van der Waals surface area contributed by atoms with Gasteiger partial charge >= 0.3 is 12.5 Å². The summed E-state index contributed by atoms with van der Waals surface area (Å²) in [7, 11) is 0. The minimum atomic E-state index is -4.91. The lowest BCUT2D eigenvalue weighted by Gasteiger charge is -2.36. The van der Waals surface area contributed by atoms with Gasteiger partial charge in [-0.2, -0.15) is 13.2 Å². The van der Waals surface area contributed by atoms with Crippen LogP contribution in [0.1, 0.15) is 39.3 Å². The summed E-state index contributed by atoms with van der Waals surface area (Å²) in [5.74, 6) is -1.33. The van der Waals surface area contributed by atoms with Gasteiger partial charge in [0.15, 0.2) is 5.13 Å². The second kappa shape index (κ2) is 12.9. The smallest absolute Gasteiger partial charge is 0.405 e. The molecule has 0 bridgehead atoms. The summed E-state index contributed by atoms with van der Waals surface area (Å²) in [6.07, 6.45) is -7.91. The molecule has 2 aromatic carbocycles. The predicted octanol–water partition coefficient (Wildman–Crippen LogP) is 5.67. The molecule has 0 radical (unpaired) electrons. The Balaban J connectivity index is 1.09. The van der Waals surface area contributed by atoms with E-state index in [1.54, 1.807) is 16.3 Å². The normalized spacial score (nSPS) is 16.6. The van der Waals surface area contributed by atoms with Gasteiger partial charge in [-0.25, -0.2) is 4.98 Å². The molecule has 0 unspecified atom stereocenters. The molecule has 5 rings (SSSR count). The van der Waals surface area contributed by atoms with Crippen LogP contribution < -0.4 is 19.9 Å². The second-order valence-electron chi connectivity index (χ2n) is 10.5. The molecule has 0 aliphatic carbocycles. The number of nitrogens with one attached hydrogen (secondary N) is 1. The molecule has 0 saturated carbocycles. The Hall–Kier alpha value is -4.01. The van der Waals surface area contributed by atoms with Gasteiger partial charge < -0.3 is 24.8 Å². The van der Waals surface area contributed by atoms with Crippen molar-refractivity contribution < 1.29 is 40.7 Å². The van der Waals surface area contributed by atoms with Gasteiger partial charge in [-0.15, -0.1) is 24.5 Å². The summed E-state index contributed by atoms with van der Waals surface area (Å²) >= 11 is 1.35. The molecule has 3 aromatic rings. The Morgan fingerprint density at radius 1 is 0.909 bits per heavy atom. The van der Waals surface area contributed by atoms with E-state index in [4.69, 9.17) is 0 Å². The molecule has 1 N–H and O–H groups in total. The third-order valence-corrected chi connectivity index (χ3v) is 8.51. The van der Waals surface area contributed by atoms with E-state index in [9.17, 15) is 35.9 Å². The number of para-hydroxylation sites is 1. The standard InChI is InChI=1S/C29H29F6N5O3S/c30-28(31,32)20-4-3-5-21(16-20)38-12-14-39(15-13-38)26(42)23-18-44-27(37-23)40-10-8-19(9-11-40)17-36-25(41)22-6-1-2-7-24(22)43-29(33,34)35/h1-7,16,18-19H,8-15,17H2,(H,36,41). The summed E-state index contributed by atoms with van der Waals surface area (Å²) in [5, 5.41) is 5.10. The van der Waals surface area contributed by atoms with E-state index in [1.807, 2.05) is 4.90 Å². The minimum absolute atomic E-state index is 0.111. The number of anilines is 2. The van der Waals surface area contributed by atoms with Crippen molar-refractivity contribution in [3.8, 4) is 5.75 Å². The van der Waals surface area contributed by atoms with Crippen molar-refractivity contribution in [1.29, 1.82) is 0 Å².